The van der Waals surface area contributed by atoms with Crippen LogP contribution in [0, 0.1) is 0 Å². The molecular weight excluding hydrogens is 560 g/mol. The molecule has 0 aliphatic heterocycles. The van der Waals surface area contributed by atoms with Gasteiger partial charge in [0, 0.05) is 45.1 Å². The number of hydrogen-bond acceptors (Lipinski definition) is 4. The van der Waals surface area contributed by atoms with Crippen LogP contribution in [0.3, 0.4) is 0 Å². The second-order valence-corrected chi connectivity index (χ2v) is 11.9. The van der Waals surface area contributed by atoms with E-state index in [0.29, 0.717) is 0 Å². The first-order chi connectivity index (χ1) is 22.8. The van der Waals surface area contributed by atoms with Crippen molar-refractivity contribution < 1.29 is 0 Å². The number of nitrogens with zero attached hydrogens (tertiary/aromatic N) is 4. The van der Waals surface area contributed by atoms with Gasteiger partial charge < -0.3 is 0 Å². The summed E-state index contributed by atoms with van der Waals surface area (Å²) in [5.74, 6) is 0. The van der Waals surface area contributed by atoms with Gasteiger partial charge in [0.25, 0.3) is 0 Å². The highest BCUT2D eigenvalue weighted by Crippen LogP contribution is 2.39. The van der Waals surface area contributed by atoms with E-state index in [2.05, 4.69) is 131 Å². The molecule has 0 aliphatic rings. The fourth-order valence-electron chi connectivity index (χ4n) is 7.07. The number of benzene rings is 6. The SMILES string of the molecule is c1cnc2c(c1)ccc1ccc(-c3ccc4c(ccc5cc(-c6ccc7ccc8cccnc8c7n6)c6ccccc6c54)c3)nc12. The first-order valence-corrected chi connectivity index (χ1v) is 15.5. The van der Waals surface area contributed by atoms with Crippen LogP contribution in [-0.4, -0.2) is 19.9 Å². The van der Waals surface area contributed by atoms with E-state index >= 15 is 0 Å². The summed E-state index contributed by atoms with van der Waals surface area (Å²) in [4.78, 5) is 19.6. The zero-order valence-corrected chi connectivity index (χ0v) is 24.6. The maximum atomic E-state index is 5.20. The molecule has 0 amide bonds. The Morgan fingerprint density at radius 1 is 0.348 bits per heavy atom. The molecule has 0 bridgehead atoms. The summed E-state index contributed by atoms with van der Waals surface area (Å²) < 4.78 is 0. The molecule has 0 saturated carbocycles. The third-order valence-electron chi connectivity index (χ3n) is 9.27. The molecule has 0 radical (unpaired) electrons. The van der Waals surface area contributed by atoms with Gasteiger partial charge in [-0.3, -0.25) is 9.97 Å². The number of rotatable bonds is 2. The molecule has 4 aromatic heterocycles. The van der Waals surface area contributed by atoms with Gasteiger partial charge in [-0.25, -0.2) is 9.97 Å². The molecule has 212 valence electrons. The molecule has 4 heteroatoms. The van der Waals surface area contributed by atoms with Crippen LogP contribution in [0.4, 0.5) is 0 Å². The lowest BCUT2D eigenvalue weighted by atomic mass is 9.91. The first kappa shape index (κ1) is 25.1. The predicted molar refractivity (Wildman–Crippen MR) is 191 cm³/mol. The molecule has 0 saturated heterocycles. The summed E-state index contributed by atoms with van der Waals surface area (Å²) in [6.45, 7) is 0. The lowest BCUT2D eigenvalue weighted by Gasteiger charge is -2.14. The molecule has 4 heterocycles. The van der Waals surface area contributed by atoms with E-state index in [1.807, 2.05) is 24.5 Å². The molecule has 0 fully saturated rings. The summed E-state index contributed by atoms with van der Waals surface area (Å²) in [7, 11) is 0. The maximum absolute atomic E-state index is 5.20. The highest BCUT2D eigenvalue weighted by Gasteiger charge is 2.14. The second-order valence-electron chi connectivity index (χ2n) is 11.9. The number of pyridine rings is 4. The van der Waals surface area contributed by atoms with Crippen molar-refractivity contribution in [1.29, 1.82) is 0 Å². The van der Waals surface area contributed by atoms with E-state index in [4.69, 9.17) is 9.97 Å². The lowest BCUT2D eigenvalue weighted by molar-refractivity contribution is 1.37. The molecular formula is C42H24N4. The third-order valence-corrected chi connectivity index (χ3v) is 9.27. The first-order valence-electron chi connectivity index (χ1n) is 15.5. The minimum atomic E-state index is 0.928. The lowest BCUT2D eigenvalue weighted by Crippen LogP contribution is -1.91. The van der Waals surface area contributed by atoms with Crippen molar-refractivity contribution in [3.8, 4) is 22.5 Å². The van der Waals surface area contributed by atoms with Gasteiger partial charge in [0.1, 0.15) is 0 Å². The fourth-order valence-corrected chi connectivity index (χ4v) is 7.07. The molecule has 0 atom stereocenters. The topological polar surface area (TPSA) is 51.6 Å². The monoisotopic (exact) mass is 584 g/mol. The molecule has 10 rings (SSSR count). The molecule has 0 aliphatic carbocycles. The fraction of sp³-hybridized carbons (Fsp3) is 0. The molecule has 10 aromatic rings. The van der Waals surface area contributed by atoms with E-state index in [0.717, 1.165) is 66.1 Å². The highest BCUT2D eigenvalue weighted by atomic mass is 14.8. The zero-order chi connectivity index (χ0) is 30.2. The molecule has 0 spiro atoms. The Kier molecular flexibility index (Phi) is 5.25. The smallest absolute Gasteiger partial charge is 0.0972 e. The number of fused-ring (bicyclic) bond motifs is 11. The summed E-state index contributed by atoms with van der Waals surface area (Å²) in [6, 6.07) is 47.3. The van der Waals surface area contributed by atoms with Crippen molar-refractivity contribution in [2.75, 3.05) is 0 Å². The Balaban J connectivity index is 1.16. The van der Waals surface area contributed by atoms with Crippen LogP contribution in [0.25, 0.3) is 98.4 Å². The van der Waals surface area contributed by atoms with Crippen molar-refractivity contribution in [2.45, 2.75) is 0 Å². The van der Waals surface area contributed by atoms with Gasteiger partial charge in [0.2, 0.25) is 0 Å². The normalized spacial score (nSPS) is 11.9. The van der Waals surface area contributed by atoms with Crippen molar-refractivity contribution in [3.05, 3.63) is 146 Å². The van der Waals surface area contributed by atoms with Crippen LogP contribution in [0.5, 0.6) is 0 Å². The second kappa shape index (κ2) is 9.62. The summed E-state index contributed by atoms with van der Waals surface area (Å²) >= 11 is 0. The Labute approximate surface area is 263 Å². The molecule has 0 N–H and O–H groups in total. The van der Waals surface area contributed by atoms with Crippen LogP contribution in [-0.2, 0) is 0 Å². The van der Waals surface area contributed by atoms with Gasteiger partial charge in [-0.15, -0.1) is 0 Å². The minimum absolute atomic E-state index is 0.928. The largest absolute Gasteiger partial charge is 0.254 e. The third kappa shape index (κ3) is 3.74. The highest BCUT2D eigenvalue weighted by molar-refractivity contribution is 6.23. The van der Waals surface area contributed by atoms with Gasteiger partial charge in [0.05, 0.1) is 33.5 Å². The van der Waals surface area contributed by atoms with E-state index in [1.54, 1.807) is 0 Å². The van der Waals surface area contributed by atoms with Gasteiger partial charge in [0.15, 0.2) is 0 Å². The van der Waals surface area contributed by atoms with E-state index < -0.39 is 0 Å². The summed E-state index contributed by atoms with van der Waals surface area (Å²) in [5, 5.41) is 11.6. The molecule has 6 aromatic carbocycles. The Hall–Kier alpha value is -6.26. The van der Waals surface area contributed by atoms with E-state index in [9.17, 15) is 0 Å². The van der Waals surface area contributed by atoms with E-state index in [1.165, 1.54) is 32.3 Å². The summed E-state index contributed by atoms with van der Waals surface area (Å²) in [5.41, 5.74) is 7.82. The van der Waals surface area contributed by atoms with Crippen LogP contribution in [0.15, 0.2) is 146 Å². The van der Waals surface area contributed by atoms with Crippen LogP contribution < -0.4 is 0 Å². The Morgan fingerprint density at radius 3 is 1.63 bits per heavy atom. The number of aromatic nitrogens is 4. The Bertz CT molecular complexity index is 2870. The van der Waals surface area contributed by atoms with Gasteiger partial charge >= 0.3 is 0 Å². The van der Waals surface area contributed by atoms with Crippen molar-refractivity contribution in [2.24, 2.45) is 0 Å². The Morgan fingerprint density at radius 2 is 0.913 bits per heavy atom. The standard InChI is InChI=1S/C42H24N4/c1-2-8-34-33(7-1)35(37-20-17-28-12-10-26-6-4-22-44-40(26)42(28)46-37)24-31-14-13-29-23-30(15-18-32(29)38(31)34)36-19-16-27-11-9-25-5-3-21-43-39(25)41(27)45-36/h1-24H. The van der Waals surface area contributed by atoms with Gasteiger partial charge in [-0.05, 0) is 68.7 Å². The molecule has 46 heavy (non-hydrogen) atoms. The zero-order valence-electron chi connectivity index (χ0n) is 24.6. The quantitative estimate of drug-likeness (QED) is 0.190. The summed E-state index contributed by atoms with van der Waals surface area (Å²) in [6.07, 6.45) is 3.68. The average Bonchev–Trinajstić information content (AvgIpc) is 3.13. The van der Waals surface area contributed by atoms with Crippen LogP contribution >= 0.6 is 0 Å². The molecule has 4 nitrogen and oxygen atoms in total. The van der Waals surface area contributed by atoms with Crippen molar-refractivity contribution in [1.82, 2.24) is 19.9 Å². The predicted octanol–water partition coefficient (Wildman–Crippen LogP) is 10.7. The van der Waals surface area contributed by atoms with Gasteiger partial charge in [-0.1, -0.05) is 97.1 Å². The van der Waals surface area contributed by atoms with Crippen molar-refractivity contribution >= 4 is 75.9 Å². The van der Waals surface area contributed by atoms with Crippen LogP contribution in [0.1, 0.15) is 0 Å². The van der Waals surface area contributed by atoms with E-state index in [-0.39, 0.29) is 0 Å². The van der Waals surface area contributed by atoms with Gasteiger partial charge in [-0.2, -0.15) is 0 Å². The van der Waals surface area contributed by atoms with Crippen molar-refractivity contribution in [3.63, 3.8) is 0 Å². The molecule has 0 unspecified atom stereocenters. The average molecular weight is 585 g/mol. The van der Waals surface area contributed by atoms with Crippen LogP contribution in [0.2, 0.25) is 0 Å². The minimum Gasteiger partial charge on any atom is -0.254 e. The maximum Gasteiger partial charge on any atom is 0.0972 e. The number of hydrogen-bond donors (Lipinski definition) is 0.